The normalized spacial score (nSPS) is 16.0. The van der Waals surface area contributed by atoms with Gasteiger partial charge in [-0.3, -0.25) is 14.9 Å². The number of aromatic nitrogens is 2. The Kier molecular flexibility index (Phi) is 7.66. The smallest absolute Gasteiger partial charge is 0.272 e. The summed E-state index contributed by atoms with van der Waals surface area (Å²) in [5.41, 5.74) is 0.127. The molecule has 1 aliphatic rings. The van der Waals surface area contributed by atoms with Gasteiger partial charge in [-0.2, -0.15) is 5.10 Å². The molecule has 2 N–H and O–H groups in total. The molecule has 180 valence electrons. The van der Waals surface area contributed by atoms with Crippen LogP contribution in [0.2, 0.25) is 0 Å². The molecule has 13 heteroatoms. The molecular weight excluding hydrogens is 454 g/mol. The van der Waals surface area contributed by atoms with Crippen LogP contribution in [-0.2, 0) is 21.8 Å². The predicted molar refractivity (Wildman–Crippen MR) is 118 cm³/mol. The Balaban J connectivity index is 1.89. The van der Waals surface area contributed by atoms with E-state index in [0.717, 1.165) is 25.0 Å². The van der Waals surface area contributed by atoms with Gasteiger partial charge >= 0.3 is 0 Å². The first kappa shape index (κ1) is 24.6. The number of hydrogen-bond acceptors (Lipinski definition) is 8. The Labute approximate surface area is 191 Å². The molecule has 0 unspecified atom stereocenters. The summed E-state index contributed by atoms with van der Waals surface area (Å²) in [5, 5.41) is 18.2. The number of nitro groups is 1. The van der Waals surface area contributed by atoms with Gasteiger partial charge in [0.05, 0.1) is 11.0 Å². The topological polar surface area (TPSA) is 155 Å². The van der Waals surface area contributed by atoms with Gasteiger partial charge in [-0.15, -0.1) is 0 Å². The number of rotatable bonds is 10. The molecule has 1 aromatic heterocycles. The Morgan fingerprint density at radius 3 is 2.82 bits per heavy atom. The minimum absolute atomic E-state index is 0.0304. The summed E-state index contributed by atoms with van der Waals surface area (Å²) >= 11 is 0. The first-order valence-corrected chi connectivity index (χ1v) is 12.0. The zero-order chi connectivity index (χ0) is 24.2. The Morgan fingerprint density at radius 2 is 2.18 bits per heavy atom. The quantitative estimate of drug-likeness (QED) is 0.386. The van der Waals surface area contributed by atoms with Crippen LogP contribution < -0.4 is 14.8 Å². The van der Waals surface area contributed by atoms with Gasteiger partial charge in [-0.1, -0.05) is 6.92 Å². The molecule has 0 saturated carbocycles. The average molecular weight is 482 g/mol. The van der Waals surface area contributed by atoms with Crippen molar-refractivity contribution in [2.24, 2.45) is 7.05 Å². The maximum absolute atomic E-state index is 12.8. The van der Waals surface area contributed by atoms with E-state index < -0.39 is 26.5 Å². The van der Waals surface area contributed by atoms with Gasteiger partial charge in [0.2, 0.25) is 15.9 Å². The van der Waals surface area contributed by atoms with E-state index in [1.54, 1.807) is 20.9 Å². The molecule has 1 aromatic carbocycles. The molecule has 0 aliphatic carbocycles. The Hall–Kier alpha value is -3.03. The van der Waals surface area contributed by atoms with Crippen LogP contribution >= 0.6 is 0 Å². The van der Waals surface area contributed by atoms with Gasteiger partial charge in [0.25, 0.3) is 11.6 Å². The molecule has 12 nitrogen and oxygen atoms in total. The van der Waals surface area contributed by atoms with Gasteiger partial charge in [0, 0.05) is 44.4 Å². The van der Waals surface area contributed by atoms with Crippen LogP contribution in [0.1, 0.15) is 42.2 Å². The van der Waals surface area contributed by atoms with Gasteiger partial charge < -0.3 is 14.8 Å². The van der Waals surface area contributed by atoms with Crippen molar-refractivity contribution in [1.82, 2.24) is 19.8 Å². The zero-order valence-electron chi connectivity index (χ0n) is 18.7. The second-order valence-electron chi connectivity index (χ2n) is 7.64. The zero-order valence-corrected chi connectivity index (χ0v) is 19.5. The van der Waals surface area contributed by atoms with E-state index in [9.17, 15) is 23.3 Å². The van der Waals surface area contributed by atoms with E-state index in [1.165, 1.54) is 10.7 Å². The van der Waals surface area contributed by atoms with Crippen molar-refractivity contribution in [3.63, 3.8) is 0 Å². The largest absolute Gasteiger partial charge is 0.438 e. The summed E-state index contributed by atoms with van der Waals surface area (Å²) in [6.07, 6.45) is 2.33. The molecule has 1 saturated heterocycles. The molecule has 2 aromatic rings. The second kappa shape index (κ2) is 10.3. The minimum Gasteiger partial charge on any atom is -0.438 e. The second-order valence-corrected chi connectivity index (χ2v) is 9.37. The third-order valence-electron chi connectivity index (χ3n) is 5.13. The molecule has 1 aliphatic heterocycles. The molecule has 0 radical (unpaired) electrons. The summed E-state index contributed by atoms with van der Waals surface area (Å²) in [6.45, 7) is 4.61. The minimum atomic E-state index is -4.08. The number of sulfonamides is 1. The molecule has 0 spiro atoms. The van der Waals surface area contributed by atoms with Crippen LogP contribution in [0.4, 0.5) is 5.69 Å². The molecule has 2 heterocycles. The number of amides is 1. The molecule has 1 atom stereocenters. The molecular formula is C20H27N5O7S. The number of hydrogen-bond donors (Lipinski definition) is 2. The van der Waals surface area contributed by atoms with E-state index in [0.29, 0.717) is 25.1 Å². The fraction of sp³-hybridized carbons (Fsp3) is 0.500. The number of ether oxygens (including phenoxy) is 2. The maximum Gasteiger partial charge on any atom is 0.272 e. The van der Waals surface area contributed by atoms with E-state index in [1.807, 2.05) is 0 Å². The summed E-state index contributed by atoms with van der Waals surface area (Å²) in [5.74, 6) is -0.394. The van der Waals surface area contributed by atoms with Crippen molar-refractivity contribution in [1.29, 1.82) is 0 Å². The first-order valence-electron chi connectivity index (χ1n) is 10.5. The number of nitrogens with zero attached hydrogens (tertiary/aromatic N) is 3. The molecule has 33 heavy (non-hydrogen) atoms. The number of benzene rings is 1. The van der Waals surface area contributed by atoms with Crippen LogP contribution in [0.15, 0.2) is 23.1 Å². The standard InChI is InChI=1S/C20H27N5O7S/c1-4-9-22-33(29,30)17-11-14(25(27)28)7-8-16(17)32-20-13(2)18(23-24(20)3)19(26)21-12-15-6-5-10-31-15/h7-8,11,15,22H,4-6,9-10,12H2,1-3H3,(H,21,26)/t15-/m0/s1. The highest BCUT2D eigenvalue weighted by molar-refractivity contribution is 7.89. The Morgan fingerprint density at radius 1 is 1.42 bits per heavy atom. The molecule has 1 amide bonds. The highest BCUT2D eigenvalue weighted by Crippen LogP contribution is 2.34. The highest BCUT2D eigenvalue weighted by Gasteiger charge is 2.27. The number of nitrogens with one attached hydrogen (secondary N) is 2. The van der Waals surface area contributed by atoms with E-state index >= 15 is 0 Å². The third-order valence-corrected chi connectivity index (χ3v) is 6.61. The lowest BCUT2D eigenvalue weighted by Crippen LogP contribution is -2.32. The first-order chi connectivity index (χ1) is 15.6. The van der Waals surface area contributed by atoms with Crippen molar-refractivity contribution in [2.45, 2.75) is 44.1 Å². The van der Waals surface area contributed by atoms with Crippen LogP contribution in [-0.4, -0.2) is 54.8 Å². The molecule has 3 rings (SSSR count). The third kappa shape index (κ3) is 5.67. The average Bonchev–Trinajstić information content (AvgIpc) is 3.40. The summed E-state index contributed by atoms with van der Waals surface area (Å²) < 4.78 is 40.6. The lowest BCUT2D eigenvalue weighted by atomic mass is 10.2. The Bertz CT molecular complexity index is 1140. The number of carbonyl (C=O) groups excluding carboxylic acids is 1. The number of aryl methyl sites for hydroxylation is 1. The lowest BCUT2D eigenvalue weighted by Gasteiger charge is -2.13. The maximum atomic E-state index is 12.8. The van der Waals surface area contributed by atoms with E-state index in [2.05, 4.69) is 15.1 Å². The van der Waals surface area contributed by atoms with Crippen molar-refractivity contribution < 1.29 is 27.6 Å². The van der Waals surface area contributed by atoms with E-state index in [4.69, 9.17) is 9.47 Å². The SMILES string of the molecule is CCCNS(=O)(=O)c1cc([N+](=O)[O-])ccc1Oc1c(C)c(C(=O)NC[C@@H]2CCCO2)nn1C. The number of non-ortho nitro benzene ring substituents is 1. The number of nitro benzene ring substituents is 1. The van der Waals surface area contributed by atoms with Gasteiger partial charge in [-0.25, -0.2) is 17.8 Å². The van der Waals surface area contributed by atoms with Gasteiger partial charge in [0.1, 0.15) is 10.6 Å². The van der Waals surface area contributed by atoms with Crippen LogP contribution in [0, 0.1) is 17.0 Å². The van der Waals surface area contributed by atoms with E-state index in [-0.39, 0.29) is 34.9 Å². The summed E-state index contributed by atoms with van der Waals surface area (Å²) in [4.78, 5) is 22.7. The highest BCUT2D eigenvalue weighted by atomic mass is 32.2. The van der Waals surface area contributed by atoms with Crippen LogP contribution in [0.3, 0.4) is 0 Å². The fourth-order valence-electron chi connectivity index (χ4n) is 3.39. The molecule has 1 fully saturated rings. The van der Waals surface area contributed by atoms with Crippen molar-refractivity contribution in [3.05, 3.63) is 39.6 Å². The molecule has 0 bridgehead atoms. The number of carbonyl (C=O) groups is 1. The van der Waals surface area contributed by atoms with Gasteiger partial charge in [0.15, 0.2) is 5.69 Å². The fourth-order valence-corrected chi connectivity index (χ4v) is 4.67. The van der Waals surface area contributed by atoms with Crippen molar-refractivity contribution in [3.8, 4) is 11.6 Å². The van der Waals surface area contributed by atoms with Crippen molar-refractivity contribution >= 4 is 21.6 Å². The van der Waals surface area contributed by atoms with Crippen LogP contribution in [0.25, 0.3) is 0 Å². The predicted octanol–water partition coefficient (Wildman–Crippen LogP) is 2.03. The monoisotopic (exact) mass is 481 g/mol. The van der Waals surface area contributed by atoms with Gasteiger partial charge in [-0.05, 0) is 32.3 Å². The lowest BCUT2D eigenvalue weighted by molar-refractivity contribution is -0.385. The van der Waals surface area contributed by atoms with Crippen LogP contribution in [0.5, 0.6) is 11.6 Å². The summed E-state index contributed by atoms with van der Waals surface area (Å²) in [7, 11) is -2.54. The van der Waals surface area contributed by atoms with Crippen molar-refractivity contribution in [2.75, 3.05) is 19.7 Å². The summed E-state index contributed by atoms with van der Waals surface area (Å²) in [6, 6.07) is 3.30.